The number of carbonyl (C=O) groups is 4. The quantitative estimate of drug-likeness (QED) is 0.0228. The Balaban J connectivity index is 2.70. The van der Waals surface area contributed by atoms with E-state index in [0.29, 0.717) is 19.3 Å². The predicted octanol–water partition coefficient (Wildman–Crippen LogP) is 15.9. The number of carbonyl (C=O) groups excluding carboxylic acids is 3. The van der Waals surface area contributed by atoms with Gasteiger partial charge in [0.2, 0.25) is 0 Å². The van der Waals surface area contributed by atoms with E-state index in [0.717, 1.165) is 148 Å². The number of hydrogen-bond donors (Lipinski definition) is 3. The predicted molar refractivity (Wildman–Crippen MR) is 312 cm³/mol. The molecule has 1 heterocycles. The summed E-state index contributed by atoms with van der Waals surface area (Å²) in [6.07, 6.45) is 55.4. The summed E-state index contributed by atoms with van der Waals surface area (Å²) in [5.74, 6) is -3.17. The minimum absolute atomic E-state index is 0.0447. The maximum absolute atomic E-state index is 13.2. The molecule has 1 fully saturated rings. The number of carboxylic acid groups (broad SMARTS) is 1. The molecule has 1 aliphatic rings. The van der Waals surface area contributed by atoms with Gasteiger partial charge in [-0.05, 0) is 116 Å². The van der Waals surface area contributed by atoms with Gasteiger partial charge in [-0.25, -0.2) is 4.79 Å². The molecule has 0 bridgehead atoms. The van der Waals surface area contributed by atoms with Crippen LogP contribution in [0.25, 0.3) is 0 Å². The van der Waals surface area contributed by atoms with Gasteiger partial charge < -0.3 is 39.0 Å². The van der Waals surface area contributed by atoms with Crippen molar-refractivity contribution in [1.82, 2.24) is 0 Å². The van der Waals surface area contributed by atoms with E-state index in [2.05, 4.69) is 106 Å². The maximum Gasteiger partial charge on any atom is 0.335 e. The van der Waals surface area contributed by atoms with E-state index in [-0.39, 0.29) is 25.9 Å². The minimum Gasteiger partial charge on any atom is -0.479 e. The molecule has 3 N–H and O–H groups in total. The van der Waals surface area contributed by atoms with Gasteiger partial charge in [-0.2, -0.15) is 0 Å². The fraction of sp³-hybridized carbons (Fsp3) is 0.723. The first-order valence-corrected chi connectivity index (χ1v) is 30.6. The third kappa shape index (κ3) is 42.5. The molecule has 0 aromatic rings. The highest BCUT2D eigenvalue weighted by Gasteiger charge is 2.50. The smallest absolute Gasteiger partial charge is 0.335 e. The number of aliphatic hydroxyl groups is 2. The van der Waals surface area contributed by atoms with Gasteiger partial charge in [0.25, 0.3) is 0 Å². The molecule has 1 saturated heterocycles. The van der Waals surface area contributed by atoms with Crippen molar-refractivity contribution >= 4 is 23.9 Å². The summed E-state index contributed by atoms with van der Waals surface area (Å²) in [5, 5.41) is 31.5. The van der Waals surface area contributed by atoms with Crippen LogP contribution in [0.1, 0.15) is 252 Å². The van der Waals surface area contributed by atoms with E-state index in [9.17, 15) is 34.5 Å². The van der Waals surface area contributed by atoms with Crippen molar-refractivity contribution in [3.63, 3.8) is 0 Å². The fourth-order valence-electron chi connectivity index (χ4n) is 8.74. The Labute approximate surface area is 467 Å². The van der Waals surface area contributed by atoms with Crippen LogP contribution in [0.15, 0.2) is 85.1 Å². The van der Waals surface area contributed by atoms with Gasteiger partial charge in [-0.3, -0.25) is 14.4 Å². The highest BCUT2D eigenvalue weighted by atomic mass is 16.7. The van der Waals surface area contributed by atoms with Gasteiger partial charge in [0.1, 0.15) is 18.8 Å². The first-order chi connectivity index (χ1) is 37.6. The van der Waals surface area contributed by atoms with E-state index in [1.165, 1.54) is 44.9 Å². The zero-order valence-electron chi connectivity index (χ0n) is 48.4. The fourth-order valence-corrected chi connectivity index (χ4v) is 8.74. The Hall–Kier alpha value is -4.10. The first kappa shape index (κ1) is 70.9. The summed E-state index contributed by atoms with van der Waals surface area (Å²) in [7, 11) is 0. The summed E-state index contributed by atoms with van der Waals surface area (Å²) in [5.41, 5.74) is 0. The third-order valence-corrected chi connectivity index (χ3v) is 13.4. The Kier molecular flexibility index (Phi) is 48.4. The van der Waals surface area contributed by atoms with E-state index >= 15 is 0 Å². The minimum atomic E-state index is -1.91. The zero-order valence-corrected chi connectivity index (χ0v) is 48.4. The van der Waals surface area contributed by atoms with E-state index in [4.69, 9.17) is 23.7 Å². The lowest BCUT2D eigenvalue weighted by Gasteiger charge is -2.40. The molecule has 6 unspecified atom stereocenters. The second kappa shape index (κ2) is 52.6. The molecule has 0 radical (unpaired) electrons. The van der Waals surface area contributed by atoms with E-state index in [1.54, 1.807) is 0 Å². The SMILES string of the molecule is CC/C=C\C/C=C\C/C=C\C/C=C\CCCCCCCCC(=O)OCC(COC1OC(C(=O)O)C(O)C(O)C1OC(=O)CCCCCCC/C=C\CCCCCC)OC(=O)CCCCCCC/C=C\C/C=C\CCCCC. The summed E-state index contributed by atoms with van der Waals surface area (Å²) in [6.45, 7) is 5.81. The molecule has 12 heteroatoms. The number of esters is 3. The summed E-state index contributed by atoms with van der Waals surface area (Å²) < 4.78 is 28.4. The Morgan fingerprint density at radius 2 is 0.818 bits per heavy atom. The molecule has 0 aliphatic carbocycles. The highest BCUT2D eigenvalue weighted by Crippen LogP contribution is 2.26. The molecular weight excluding hydrogens is 973 g/mol. The number of carboxylic acids is 1. The monoisotopic (exact) mass is 1080 g/mol. The molecule has 6 atom stereocenters. The van der Waals surface area contributed by atoms with Gasteiger partial charge in [0, 0.05) is 19.3 Å². The van der Waals surface area contributed by atoms with Crippen LogP contribution in [0, 0.1) is 0 Å². The number of rotatable bonds is 51. The van der Waals surface area contributed by atoms with Crippen LogP contribution in [-0.2, 0) is 42.9 Å². The highest BCUT2D eigenvalue weighted by molar-refractivity contribution is 5.74. The van der Waals surface area contributed by atoms with Crippen LogP contribution in [0.5, 0.6) is 0 Å². The molecule has 0 saturated carbocycles. The number of allylic oxidation sites excluding steroid dienone is 14. The van der Waals surface area contributed by atoms with Crippen LogP contribution < -0.4 is 0 Å². The topological polar surface area (TPSA) is 175 Å². The van der Waals surface area contributed by atoms with Gasteiger partial charge in [-0.15, -0.1) is 0 Å². The normalized spacial score (nSPS) is 18.6. The molecule has 1 aliphatic heterocycles. The maximum atomic E-state index is 13.2. The Bertz CT molecular complexity index is 1660. The average molecular weight is 1080 g/mol. The number of ether oxygens (including phenoxy) is 5. The van der Waals surface area contributed by atoms with Gasteiger partial charge in [-0.1, -0.05) is 202 Å². The standard InChI is InChI=1S/C65H108O12/c1-4-7-10-13-16-19-22-25-27-28-29-30-32-34-36-39-42-45-48-51-57(66)73-54-56(75-58(67)52-49-46-43-40-38-35-31-26-23-20-17-14-11-8-5-2)55-74-65-63(61(70)60(69)62(77-65)64(71)72)76-59(68)53-50-47-44-41-37-33-24-21-18-15-12-9-6-3/h7,10,16-17,19-21,24-27,29-31,56,60-63,65,69-70H,4-6,8-9,11-15,18,22-23,28,32-55H2,1-3H3,(H,71,72)/b10-7-,19-16-,20-17-,24-21-,27-25-,30-29-,31-26-. The second-order valence-corrected chi connectivity index (χ2v) is 20.6. The van der Waals surface area contributed by atoms with Crippen LogP contribution >= 0.6 is 0 Å². The molecule has 77 heavy (non-hydrogen) atoms. The molecule has 1 rings (SSSR count). The Morgan fingerprint density at radius 1 is 0.442 bits per heavy atom. The van der Waals surface area contributed by atoms with Crippen molar-refractivity contribution in [2.45, 2.75) is 289 Å². The summed E-state index contributed by atoms with van der Waals surface area (Å²) >= 11 is 0. The van der Waals surface area contributed by atoms with E-state index in [1.807, 2.05) is 0 Å². The first-order valence-electron chi connectivity index (χ1n) is 30.6. The third-order valence-electron chi connectivity index (χ3n) is 13.4. The van der Waals surface area contributed by atoms with Gasteiger partial charge in [0.05, 0.1) is 6.61 Å². The number of aliphatic hydroxyl groups excluding tert-OH is 2. The van der Waals surface area contributed by atoms with Crippen molar-refractivity contribution in [3.05, 3.63) is 85.1 Å². The molecule has 0 aromatic heterocycles. The molecular formula is C65H108O12. The van der Waals surface area contributed by atoms with Crippen molar-refractivity contribution in [3.8, 4) is 0 Å². The molecule has 12 nitrogen and oxygen atoms in total. The second-order valence-electron chi connectivity index (χ2n) is 20.6. The van der Waals surface area contributed by atoms with Crippen molar-refractivity contribution in [2.75, 3.05) is 13.2 Å². The van der Waals surface area contributed by atoms with Crippen LogP contribution in [-0.4, -0.2) is 89.2 Å². The largest absolute Gasteiger partial charge is 0.479 e. The van der Waals surface area contributed by atoms with Gasteiger partial charge in [0.15, 0.2) is 24.6 Å². The lowest BCUT2D eigenvalue weighted by Crippen LogP contribution is -2.61. The summed E-state index contributed by atoms with van der Waals surface area (Å²) in [4.78, 5) is 51.2. The number of unbranched alkanes of at least 4 members (excludes halogenated alkanes) is 23. The Morgan fingerprint density at radius 3 is 1.29 bits per heavy atom. The van der Waals surface area contributed by atoms with Crippen LogP contribution in [0.4, 0.5) is 0 Å². The van der Waals surface area contributed by atoms with Crippen LogP contribution in [0.3, 0.4) is 0 Å². The van der Waals surface area contributed by atoms with Crippen molar-refractivity contribution < 1.29 is 58.2 Å². The van der Waals surface area contributed by atoms with Crippen LogP contribution in [0.2, 0.25) is 0 Å². The molecule has 0 aromatic carbocycles. The number of hydrogen-bond acceptors (Lipinski definition) is 11. The van der Waals surface area contributed by atoms with Crippen molar-refractivity contribution in [2.24, 2.45) is 0 Å². The number of aliphatic carboxylic acids is 1. The average Bonchev–Trinajstić information content (AvgIpc) is 3.42. The van der Waals surface area contributed by atoms with Gasteiger partial charge >= 0.3 is 23.9 Å². The summed E-state index contributed by atoms with van der Waals surface area (Å²) in [6, 6.07) is 0. The molecule has 440 valence electrons. The zero-order chi connectivity index (χ0) is 56.1. The molecule has 0 spiro atoms. The lowest BCUT2D eigenvalue weighted by molar-refractivity contribution is -0.301. The van der Waals surface area contributed by atoms with E-state index < -0.39 is 67.3 Å². The lowest BCUT2D eigenvalue weighted by atomic mass is 9.98. The van der Waals surface area contributed by atoms with Crippen molar-refractivity contribution in [1.29, 1.82) is 0 Å². The molecule has 0 amide bonds.